The van der Waals surface area contributed by atoms with Gasteiger partial charge in [0.15, 0.2) is 0 Å². The molecule has 0 aromatic heterocycles. The molecule has 3 aromatic carbocycles. The van der Waals surface area contributed by atoms with E-state index in [4.69, 9.17) is 9.47 Å². The molecule has 0 fully saturated rings. The molecule has 0 saturated heterocycles. The summed E-state index contributed by atoms with van der Waals surface area (Å²) in [6.07, 6.45) is 1.30. The first-order chi connectivity index (χ1) is 16.9. The second-order valence-corrected chi connectivity index (χ2v) is 9.35. The van der Waals surface area contributed by atoms with Crippen molar-refractivity contribution in [2.45, 2.75) is 20.1 Å². The second-order valence-electron chi connectivity index (χ2n) is 7.81. The first kappa shape index (κ1) is 24.0. The highest BCUT2D eigenvalue weighted by atomic mass is 32.2. The lowest BCUT2D eigenvalue weighted by atomic mass is 10.1. The maximum atomic E-state index is 13.0. The van der Waals surface area contributed by atoms with E-state index in [0.717, 1.165) is 9.87 Å². The van der Waals surface area contributed by atoms with Crippen molar-refractivity contribution in [2.24, 2.45) is 4.40 Å². The topological polar surface area (TPSA) is 97.3 Å². The average molecular weight is 492 g/mol. The lowest BCUT2D eigenvalue weighted by Gasteiger charge is -2.24. The van der Waals surface area contributed by atoms with E-state index in [-0.39, 0.29) is 17.8 Å². The number of hydrogen-bond donors (Lipinski definition) is 1. The third-order valence-electron chi connectivity index (χ3n) is 5.34. The van der Waals surface area contributed by atoms with Crippen LogP contribution in [-0.2, 0) is 28.2 Å². The van der Waals surface area contributed by atoms with Crippen LogP contribution in [0.25, 0.3) is 0 Å². The van der Waals surface area contributed by atoms with Gasteiger partial charge in [-0.25, -0.2) is 0 Å². The van der Waals surface area contributed by atoms with E-state index in [1.807, 2.05) is 30.3 Å². The van der Waals surface area contributed by atoms with Crippen LogP contribution in [0.1, 0.15) is 18.1 Å². The molecule has 1 aliphatic rings. The Balaban J connectivity index is 1.46. The van der Waals surface area contributed by atoms with Gasteiger partial charge < -0.3 is 14.8 Å². The summed E-state index contributed by atoms with van der Waals surface area (Å²) in [7, 11) is -2.46. The summed E-state index contributed by atoms with van der Waals surface area (Å²) in [6.45, 7) is 1.91. The number of methoxy groups -OCH3 is 1. The molecule has 0 atom stereocenters. The predicted octanol–water partition coefficient (Wildman–Crippen LogP) is 4.32. The molecule has 1 heterocycles. The van der Waals surface area contributed by atoms with Gasteiger partial charge >= 0.3 is 10.2 Å². The Morgan fingerprint density at radius 1 is 0.971 bits per heavy atom. The van der Waals surface area contributed by atoms with Gasteiger partial charge in [-0.2, -0.15) is 8.42 Å². The van der Waals surface area contributed by atoms with Crippen LogP contribution in [0.3, 0.4) is 0 Å². The fraction of sp³-hybridized carbons (Fsp3) is 0.154. The van der Waals surface area contributed by atoms with Crippen LogP contribution in [0.4, 0.5) is 5.69 Å². The van der Waals surface area contributed by atoms with Gasteiger partial charge in [0.25, 0.3) is 5.91 Å². The molecular weight excluding hydrogens is 466 g/mol. The van der Waals surface area contributed by atoms with Crippen LogP contribution >= 0.6 is 0 Å². The Morgan fingerprint density at radius 2 is 1.66 bits per heavy atom. The fourth-order valence-corrected chi connectivity index (χ4v) is 4.59. The van der Waals surface area contributed by atoms with Crippen molar-refractivity contribution in [1.82, 2.24) is 4.31 Å². The third-order valence-corrected chi connectivity index (χ3v) is 6.67. The van der Waals surface area contributed by atoms with Crippen molar-refractivity contribution in [3.8, 4) is 11.5 Å². The number of nitrogens with one attached hydrogen (secondary N) is 1. The van der Waals surface area contributed by atoms with Gasteiger partial charge in [0.1, 0.15) is 18.1 Å². The zero-order chi connectivity index (χ0) is 24.8. The molecule has 1 amide bonds. The average Bonchev–Trinajstić information content (AvgIpc) is 2.85. The zero-order valence-corrected chi connectivity index (χ0v) is 20.2. The van der Waals surface area contributed by atoms with Crippen molar-refractivity contribution < 1.29 is 22.7 Å². The Hall–Kier alpha value is -4.11. The van der Waals surface area contributed by atoms with Gasteiger partial charge in [0.05, 0.1) is 24.9 Å². The standard InChI is InChI=1S/C26H25N3O5S/c1-19-24(17-29(35(31,32)28-19)16-21-10-6-7-11-25(21)33-2)26(30)27-22-12-14-23(15-13-22)34-18-20-8-4-3-5-9-20/h3-15,17H,16,18H2,1-2H3,(H,27,30). The summed E-state index contributed by atoms with van der Waals surface area (Å²) >= 11 is 0. The van der Waals surface area contributed by atoms with Gasteiger partial charge in [-0.05, 0) is 42.8 Å². The highest BCUT2D eigenvalue weighted by molar-refractivity contribution is 7.88. The molecule has 0 radical (unpaired) electrons. The Labute approximate surface area is 204 Å². The first-order valence-electron chi connectivity index (χ1n) is 10.9. The minimum absolute atomic E-state index is 0.0205. The van der Waals surface area contributed by atoms with Crippen LogP contribution in [0.5, 0.6) is 11.5 Å². The molecule has 9 heteroatoms. The van der Waals surface area contributed by atoms with Crippen LogP contribution < -0.4 is 14.8 Å². The zero-order valence-electron chi connectivity index (χ0n) is 19.3. The number of anilines is 1. The summed E-state index contributed by atoms with van der Waals surface area (Å²) in [4.78, 5) is 13.0. The molecule has 0 saturated carbocycles. The molecule has 1 N–H and O–H groups in total. The summed E-state index contributed by atoms with van der Waals surface area (Å²) in [5.41, 5.74) is 2.51. The van der Waals surface area contributed by atoms with Crippen molar-refractivity contribution in [3.05, 3.63) is 102 Å². The number of rotatable bonds is 8. The Kier molecular flexibility index (Phi) is 7.17. The summed E-state index contributed by atoms with van der Waals surface area (Å²) in [5, 5.41) is 2.79. The van der Waals surface area contributed by atoms with Gasteiger partial charge in [-0.3, -0.25) is 9.10 Å². The van der Waals surface area contributed by atoms with Crippen molar-refractivity contribution >= 4 is 27.5 Å². The molecule has 1 aliphatic heterocycles. The number of hydrogen-bond acceptors (Lipinski definition) is 5. The van der Waals surface area contributed by atoms with E-state index in [1.165, 1.54) is 20.2 Å². The van der Waals surface area contributed by atoms with Gasteiger partial charge in [-0.15, -0.1) is 4.40 Å². The van der Waals surface area contributed by atoms with E-state index >= 15 is 0 Å². The minimum atomic E-state index is -3.98. The third kappa shape index (κ3) is 5.88. The summed E-state index contributed by atoms with van der Waals surface area (Å²) in [5.74, 6) is 0.739. The van der Waals surface area contributed by atoms with E-state index in [0.29, 0.717) is 29.4 Å². The normalized spacial score (nSPS) is 14.5. The van der Waals surface area contributed by atoms with Crippen molar-refractivity contribution in [2.75, 3.05) is 12.4 Å². The quantitative estimate of drug-likeness (QED) is 0.506. The lowest BCUT2D eigenvalue weighted by molar-refractivity contribution is -0.112. The Morgan fingerprint density at radius 3 is 2.37 bits per heavy atom. The second kappa shape index (κ2) is 10.4. The molecule has 35 heavy (non-hydrogen) atoms. The lowest BCUT2D eigenvalue weighted by Crippen LogP contribution is -2.32. The van der Waals surface area contributed by atoms with Crippen molar-refractivity contribution in [1.29, 1.82) is 0 Å². The molecule has 0 bridgehead atoms. The largest absolute Gasteiger partial charge is 0.496 e. The molecular formula is C26H25N3O5S. The summed E-state index contributed by atoms with van der Waals surface area (Å²) in [6, 6.07) is 23.8. The van der Waals surface area contributed by atoms with Gasteiger partial charge in [-0.1, -0.05) is 48.5 Å². The maximum absolute atomic E-state index is 13.0. The molecule has 8 nitrogen and oxygen atoms in total. The minimum Gasteiger partial charge on any atom is -0.496 e. The van der Waals surface area contributed by atoms with Crippen molar-refractivity contribution in [3.63, 3.8) is 0 Å². The molecule has 0 unspecified atom stereocenters. The van der Waals surface area contributed by atoms with E-state index in [9.17, 15) is 13.2 Å². The first-order valence-corrected chi connectivity index (χ1v) is 12.3. The number of amides is 1. The molecule has 0 spiro atoms. The van der Waals surface area contributed by atoms with Gasteiger partial charge in [0.2, 0.25) is 0 Å². The molecule has 3 aromatic rings. The highest BCUT2D eigenvalue weighted by Gasteiger charge is 2.29. The van der Waals surface area contributed by atoms with Gasteiger partial charge in [0, 0.05) is 17.5 Å². The van der Waals surface area contributed by atoms with E-state index < -0.39 is 16.1 Å². The van der Waals surface area contributed by atoms with Crippen LogP contribution in [0.2, 0.25) is 0 Å². The Bertz CT molecular complexity index is 1370. The van der Waals surface area contributed by atoms with Crippen LogP contribution in [0.15, 0.2) is 95.0 Å². The molecule has 180 valence electrons. The predicted molar refractivity (Wildman–Crippen MR) is 134 cm³/mol. The number of carbonyl (C=O) groups excluding carboxylic acids is 1. The molecule has 0 aliphatic carbocycles. The van der Waals surface area contributed by atoms with Crippen LogP contribution in [0, 0.1) is 0 Å². The number of carbonyl (C=O) groups is 1. The smallest absolute Gasteiger partial charge is 0.344 e. The monoisotopic (exact) mass is 491 g/mol. The highest BCUT2D eigenvalue weighted by Crippen LogP contribution is 2.25. The number of para-hydroxylation sites is 1. The fourth-order valence-electron chi connectivity index (χ4n) is 3.50. The molecule has 4 rings (SSSR count). The number of ether oxygens (including phenoxy) is 2. The van der Waals surface area contributed by atoms with E-state index in [1.54, 1.807) is 48.5 Å². The number of nitrogens with zero attached hydrogens (tertiary/aromatic N) is 2. The van der Waals surface area contributed by atoms with Crippen LogP contribution in [-0.4, -0.2) is 31.5 Å². The summed E-state index contributed by atoms with van der Waals surface area (Å²) < 4.78 is 41.2. The SMILES string of the molecule is COc1ccccc1CN1C=C(C(=O)Nc2ccc(OCc3ccccc3)cc2)C(C)=NS1(=O)=O. The van der Waals surface area contributed by atoms with E-state index in [2.05, 4.69) is 9.71 Å². The maximum Gasteiger partial charge on any atom is 0.344 e. The number of benzene rings is 3.